The number of ether oxygens (including phenoxy) is 1. The molecule has 1 amide bonds. The standard InChI is InChI=1S/C30H31N7O2/c1-2-29(38)35-11-9-34(10-12-35)19-22-3-5-23(6-4-22)28-15-24(20-37-30(28)25(16-31)17-33-37)26-18-32-36(21-26)27-7-13-39-14-8-27/h2-6,15,17-18,20-21,27H,1,7-14,19H2. The van der Waals surface area contributed by atoms with Crippen molar-refractivity contribution in [3.8, 4) is 28.3 Å². The highest BCUT2D eigenvalue weighted by molar-refractivity contribution is 5.88. The first-order valence-corrected chi connectivity index (χ1v) is 13.4. The fraction of sp³-hybridized carbons (Fsp3) is 0.333. The predicted octanol–water partition coefficient (Wildman–Crippen LogP) is 3.92. The van der Waals surface area contributed by atoms with Crippen molar-refractivity contribution in [2.75, 3.05) is 39.4 Å². The van der Waals surface area contributed by atoms with Crippen LogP contribution in [0.1, 0.15) is 30.0 Å². The van der Waals surface area contributed by atoms with Crippen LogP contribution in [0.25, 0.3) is 27.8 Å². The summed E-state index contributed by atoms with van der Waals surface area (Å²) in [5, 5.41) is 18.9. The first-order valence-electron chi connectivity index (χ1n) is 13.4. The van der Waals surface area contributed by atoms with E-state index in [2.05, 4.69) is 64.3 Å². The molecule has 2 saturated heterocycles. The molecule has 0 atom stereocenters. The molecule has 2 fully saturated rings. The number of piperazine rings is 1. The van der Waals surface area contributed by atoms with Crippen molar-refractivity contribution in [3.63, 3.8) is 0 Å². The molecule has 2 aliphatic heterocycles. The van der Waals surface area contributed by atoms with Gasteiger partial charge in [-0.25, -0.2) is 4.52 Å². The summed E-state index contributed by atoms with van der Waals surface area (Å²) in [7, 11) is 0. The van der Waals surface area contributed by atoms with E-state index in [1.54, 1.807) is 10.7 Å². The van der Waals surface area contributed by atoms with Gasteiger partial charge in [0.1, 0.15) is 6.07 Å². The molecule has 2 aliphatic rings. The zero-order valence-corrected chi connectivity index (χ0v) is 21.9. The first kappa shape index (κ1) is 25.0. The van der Waals surface area contributed by atoms with Crippen molar-refractivity contribution >= 4 is 11.4 Å². The lowest BCUT2D eigenvalue weighted by atomic mass is 9.99. The third-order valence-electron chi connectivity index (χ3n) is 7.76. The van der Waals surface area contributed by atoms with E-state index < -0.39 is 0 Å². The van der Waals surface area contributed by atoms with Crippen LogP contribution >= 0.6 is 0 Å². The number of hydrogen-bond donors (Lipinski definition) is 0. The van der Waals surface area contributed by atoms with Crippen molar-refractivity contribution in [3.05, 3.63) is 78.9 Å². The van der Waals surface area contributed by atoms with E-state index in [0.717, 1.165) is 86.5 Å². The molecule has 9 heteroatoms. The fourth-order valence-corrected chi connectivity index (χ4v) is 5.52. The van der Waals surface area contributed by atoms with Crippen molar-refractivity contribution in [1.29, 1.82) is 5.26 Å². The van der Waals surface area contributed by atoms with E-state index in [1.807, 2.05) is 22.0 Å². The van der Waals surface area contributed by atoms with Crippen LogP contribution in [0.5, 0.6) is 0 Å². The Balaban J connectivity index is 1.26. The second-order valence-corrected chi connectivity index (χ2v) is 10.2. The summed E-state index contributed by atoms with van der Waals surface area (Å²) in [6.07, 6.45) is 10.9. The lowest BCUT2D eigenvalue weighted by molar-refractivity contribution is -0.127. The van der Waals surface area contributed by atoms with Gasteiger partial charge < -0.3 is 9.64 Å². The highest BCUT2D eigenvalue weighted by Gasteiger charge is 2.21. The molecule has 5 heterocycles. The van der Waals surface area contributed by atoms with Gasteiger partial charge in [0.15, 0.2) is 0 Å². The van der Waals surface area contributed by atoms with Crippen LogP contribution in [0.3, 0.4) is 0 Å². The smallest absolute Gasteiger partial charge is 0.246 e. The zero-order chi connectivity index (χ0) is 26.8. The Bertz CT molecular complexity index is 1530. The van der Waals surface area contributed by atoms with Gasteiger partial charge in [-0.2, -0.15) is 15.5 Å². The van der Waals surface area contributed by atoms with Crippen molar-refractivity contribution in [1.82, 2.24) is 29.2 Å². The molecule has 9 nitrogen and oxygen atoms in total. The lowest BCUT2D eigenvalue weighted by Crippen LogP contribution is -2.47. The largest absolute Gasteiger partial charge is 0.381 e. The monoisotopic (exact) mass is 521 g/mol. The van der Waals surface area contributed by atoms with E-state index >= 15 is 0 Å². The zero-order valence-electron chi connectivity index (χ0n) is 21.9. The maximum absolute atomic E-state index is 11.9. The average molecular weight is 522 g/mol. The Kier molecular flexibility index (Phi) is 6.97. The molecule has 0 unspecified atom stereocenters. The minimum Gasteiger partial charge on any atom is -0.381 e. The van der Waals surface area contributed by atoms with E-state index in [9.17, 15) is 10.1 Å². The normalized spacial score (nSPS) is 16.8. The highest BCUT2D eigenvalue weighted by atomic mass is 16.5. The maximum Gasteiger partial charge on any atom is 0.246 e. The Morgan fingerprint density at radius 2 is 1.79 bits per heavy atom. The maximum atomic E-state index is 11.9. The third-order valence-corrected chi connectivity index (χ3v) is 7.76. The molecule has 198 valence electrons. The number of fused-ring (bicyclic) bond motifs is 1. The Morgan fingerprint density at radius 1 is 1.03 bits per heavy atom. The molecule has 0 bridgehead atoms. The molecule has 0 radical (unpaired) electrons. The molecule has 0 N–H and O–H groups in total. The first-order chi connectivity index (χ1) is 19.1. The number of carbonyl (C=O) groups is 1. The molecule has 4 aromatic rings. The Morgan fingerprint density at radius 3 is 2.51 bits per heavy atom. The van der Waals surface area contributed by atoms with Gasteiger partial charge >= 0.3 is 0 Å². The predicted molar refractivity (Wildman–Crippen MR) is 148 cm³/mol. The molecule has 1 aromatic carbocycles. The summed E-state index contributed by atoms with van der Waals surface area (Å²) in [5.74, 6) is 0.0000847. The van der Waals surface area contributed by atoms with Gasteiger partial charge in [0, 0.05) is 75.0 Å². The van der Waals surface area contributed by atoms with Gasteiger partial charge in [0.25, 0.3) is 0 Å². The van der Waals surface area contributed by atoms with Crippen LogP contribution in [-0.4, -0.2) is 74.5 Å². The molecular formula is C30H31N7O2. The SMILES string of the molecule is C=CC(=O)N1CCN(Cc2ccc(-c3cc(-c4cnn(C5CCOCC5)c4)cn4ncc(C#N)c34)cc2)CC1. The molecule has 0 saturated carbocycles. The number of benzene rings is 1. The van der Waals surface area contributed by atoms with Gasteiger partial charge in [-0.1, -0.05) is 30.8 Å². The van der Waals surface area contributed by atoms with Crippen molar-refractivity contribution in [2.45, 2.75) is 25.4 Å². The number of aromatic nitrogens is 4. The number of rotatable bonds is 6. The van der Waals surface area contributed by atoms with Gasteiger partial charge in [-0.3, -0.25) is 14.4 Å². The molecule has 39 heavy (non-hydrogen) atoms. The van der Waals surface area contributed by atoms with Crippen LogP contribution < -0.4 is 0 Å². The summed E-state index contributed by atoms with van der Waals surface area (Å²) >= 11 is 0. The molecule has 3 aromatic heterocycles. The summed E-state index contributed by atoms with van der Waals surface area (Å²) < 4.78 is 9.35. The second-order valence-electron chi connectivity index (χ2n) is 10.2. The molecule has 0 spiro atoms. The number of nitrogens with zero attached hydrogens (tertiary/aromatic N) is 7. The molecular weight excluding hydrogens is 490 g/mol. The Labute approximate surface area is 227 Å². The fourth-order valence-electron chi connectivity index (χ4n) is 5.52. The number of pyridine rings is 1. The highest BCUT2D eigenvalue weighted by Crippen LogP contribution is 2.33. The van der Waals surface area contributed by atoms with Gasteiger partial charge in [-0.15, -0.1) is 0 Å². The van der Waals surface area contributed by atoms with E-state index in [0.29, 0.717) is 11.6 Å². The van der Waals surface area contributed by atoms with Gasteiger partial charge in [0.2, 0.25) is 5.91 Å². The lowest BCUT2D eigenvalue weighted by Gasteiger charge is -2.34. The van der Waals surface area contributed by atoms with Crippen molar-refractivity contribution < 1.29 is 9.53 Å². The topological polar surface area (TPSA) is 91.7 Å². The average Bonchev–Trinajstić information content (AvgIpc) is 3.65. The number of hydrogen-bond acceptors (Lipinski definition) is 6. The minimum absolute atomic E-state index is 0.0000847. The van der Waals surface area contributed by atoms with Gasteiger partial charge in [-0.05, 0) is 36.1 Å². The summed E-state index contributed by atoms with van der Waals surface area (Å²) in [6.45, 7) is 9.06. The van der Waals surface area contributed by atoms with E-state index in [-0.39, 0.29) is 5.91 Å². The quantitative estimate of drug-likeness (QED) is 0.357. The number of carbonyl (C=O) groups excluding carboxylic acids is 1. The van der Waals surface area contributed by atoms with Crippen LogP contribution in [0.4, 0.5) is 0 Å². The third kappa shape index (κ3) is 5.09. The minimum atomic E-state index is 0.0000847. The second kappa shape index (κ2) is 10.8. The van der Waals surface area contributed by atoms with Crippen LogP contribution in [-0.2, 0) is 16.1 Å². The summed E-state index contributed by atoms with van der Waals surface area (Å²) in [5.41, 5.74) is 6.56. The summed E-state index contributed by atoms with van der Waals surface area (Å²) in [6, 6.07) is 13.3. The van der Waals surface area contributed by atoms with Crippen LogP contribution in [0, 0.1) is 11.3 Å². The number of amides is 1. The Hall–Kier alpha value is -4.26. The van der Waals surface area contributed by atoms with Gasteiger partial charge in [0.05, 0.1) is 29.5 Å². The van der Waals surface area contributed by atoms with Crippen LogP contribution in [0.15, 0.2) is 67.8 Å². The van der Waals surface area contributed by atoms with Crippen molar-refractivity contribution in [2.24, 2.45) is 0 Å². The van der Waals surface area contributed by atoms with Crippen LogP contribution in [0.2, 0.25) is 0 Å². The van der Waals surface area contributed by atoms with E-state index in [1.165, 1.54) is 11.6 Å². The molecule has 0 aliphatic carbocycles. The summed E-state index contributed by atoms with van der Waals surface area (Å²) in [4.78, 5) is 16.1. The van der Waals surface area contributed by atoms with E-state index in [4.69, 9.17) is 4.74 Å². The molecule has 6 rings (SSSR count). The number of nitriles is 1.